The predicted octanol–water partition coefficient (Wildman–Crippen LogP) is 5.14. The Balaban J connectivity index is 2.11. The Labute approximate surface area is 119 Å². The fourth-order valence-corrected chi connectivity index (χ4v) is 3.11. The molecule has 0 radical (unpaired) electrons. The minimum Gasteiger partial charge on any atom is -0.488 e. The molecule has 1 heterocycles. The van der Waals surface area contributed by atoms with E-state index < -0.39 is 0 Å². The second-order valence-corrected chi connectivity index (χ2v) is 5.85. The van der Waals surface area contributed by atoms with Gasteiger partial charge in [0.15, 0.2) is 0 Å². The van der Waals surface area contributed by atoms with Crippen LogP contribution in [0.3, 0.4) is 0 Å². The Morgan fingerprint density at radius 1 is 1.35 bits per heavy atom. The number of hydrogen-bond donors (Lipinski definition) is 0. The largest absolute Gasteiger partial charge is 0.488 e. The van der Waals surface area contributed by atoms with Gasteiger partial charge in [-0.15, -0.1) is 22.9 Å². The van der Waals surface area contributed by atoms with Gasteiger partial charge in [-0.1, -0.05) is 17.7 Å². The van der Waals surface area contributed by atoms with Crippen LogP contribution in [0, 0.1) is 6.92 Å². The van der Waals surface area contributed by atoms with Crippen LogP contribution in [0.4, 0.5) is 0 Å². The monoisotopic (exact) mass is 330 g/mol. The zero-order valence-electron chi connectivity index (χ0n) is 9.37. The van der Waals surface area contributed by atoms with Crippen molar-refractivity contribution in [3.63, 3.8) is 0 Å². The van der Waals surface area contributed by atoms with Gasteiger partial charge in [0.1, 0.15) is 12.4 Å². The first-order valence-electron chi connectivity index (χ1n) is 5.21. The maximum absolute atomic E-state index is 5.91. The molecule has 0 unspecified atom stereocenters. The number of ether oxygens (including phenoxy) is 1. The van der Waals surface area contributed by atoms with Gasteiger partial charge in [-0.2, -0.15) is 0 Å². The average Bonchev–Trinajstić information content (AvgIpc) is 2.73. The molecule has 0 saturated heterocycles. The molecule has 2 rings (SSSR count). The highest BCUT2D eigenvalue weighted by Gasteiger charge is 2.06. The molecule has 1 aromatic carbocycles. The van der Waals surface area contributed by atoms with Crippen molar-refractivity contribution in [1.29, 1.82) is 0 Å². The van der Waals surface area contributed by atoms with Crippen molar-refractivity contribution in [3.05, 3.63) is 50.1 Å². The Bertz CT molecular complexity index is 510. The number of benzene rings is 1. The summed E-state index contributed by atoms with van der Waals surface area (Å²) in [7, 11) is 0. The molecule has 0 amide bonds. The van der Waals surface area contributed by atoms with Crippen molar-refractivity contribution in [2.45, 2.75) is 19.4 Å². The van der Waals surface area contributed by atoms with Gasteiger partial charge < -0.3 is 4.74 Å². The molecule has 0 aliphatic carbocycles. The SMILES string of the molecule is Cc1ccc(OCc2sccc2Br)c(CCl)c1. The van der Waals surface area contributed by atoms with Gasteiger partial charge in [0.05, 0.1) is 10.8 Å². The van der Waals surface area contributed by atoms with E-state index in [0.29, 0.717) is 12.5 Å². The van der Waals surface area contributed by atoms with Crippen LogP contribution in [0.25, 0.3) is 0 Å². The summed E-state index contributed by atoms with van der Waals surface area (Å²) in [5.41, 5.74) is 2.24. The van der Waals surface area contributed by atoms with Gasteiger partial charge in [0.2, 0.25) is 0 Å². The summed E-state index contributed by atoms with van der Waals surface area (Å²) in [6.45, 7) is 2.63. The van der Waals surface area contributed by atoms with Gasteiger partial charge >= 0.3 is 0 Å². The van der Waals surface area contributed by atoms with Crippen molar-refractivity contribution in [3.8, 4) is 5.75 Å². The Kier molecular flexibility index (Phi) is 4.48. The first-order valence-corrected chi connectivity index (χ1v) is 7.41. The lowest BCUT2D eigenvalue weighted by Gasteiger charge is -2.10. The minimum atomic E-state index is 0.475. The molecule has 0 aliphatic heterocycles. The van der Waals surface area contributed by atoms with Gasteiger partial charge in [-0.3, -0.25) is 0 Å². The predicted molar refractivity (Wildman–Crippen MR) is 77.1 cm³/mol. The molecule has 0 saturated carbocycles. The number of aryl methyl sites for hydroxylation is 1. The van der Waals surface area contributed by atoms with Gasteiger partial charge in [0.25, 0.3) is 0 Å². The van der Waals surface area contributed by atoms with Crippen LogP contribution < -0.4 is 4.74 Å². The van der Waals surface area contributed by atoms with Crippen molar-refractivity contribution < 1.29 is 4.74 Å². The molecule has 0 bridgehead atoms. The summed E-state index contributed by atoms with van der Waals surface area (Å²) < 4.78 is 6.90. The third-order valence-corrected chi connectivity index (χ3v) is 4.60. The van der Waals surface area contributed by atoms with Gasteiger partial charge in [-0.25, -0.2) is 0 Å². The molecular weight excluding hydrogens is 320 g/mol. The molecule has 1 nitrogen and oxygen atoms in total. The Morgan fingerprint density at radius 2 is 2.18 bits per heavy atom. The molecule has 17 heavy (non-hydrogen) atoms. The molecule has 0 N–H and O–H groups in total. The van der Waals surface area contributed by atoms with E-state index in [4.69, 9.17) is 16.3 Å². The van der Waals surface area contributed by atoms with Crippen LogP contribution in [0.15, 0.2) is 34.1 Å². The third-order valence-electron chi connectivity index (χ3n) is 2.41. The van der Waals surface area contributed by atoms with Crippen LogP contribution in [-0.4, -0.2) is 0 Å². The summed E-state index contributed by atoms with van der Waals surface area (Å²) in [6, 6.07) is 8.11. The number of alkyl halides is 1. The van der Waals surface area contributed by atoms with Crippen LogP contribution >= 0.6 is 38.9 Å². The van der Waals surface area contributed by atoms with Gasteiger partial charge in [0, 0.05) is 10.0 Å². The molecular formula is C13H12BrClOS. The number of thiophene rings is 1. The lowest BCUT2D eigenvalue weighted by molar-refractivity contribution is 0.306. The highest BCUT2D eigenvalue weighted by atomic mass is 79.9. The molecule has 0 atom stereocenters. The molecule has 0 spiro atoms. The van der Waals surface area contributed by atoms with E-state index in [9.17, 15) is 0 Å². The smallest absolute Gasteiger partial charge is 0.124 e. The highest BCUT2D eigenvalue weighted by Crippen LogP contribution is 2.27. The molecule has 4 heteroatoms. The molecule has 2 aromatic rings. The highest BCUT2D eigenvalue weighted by molar-refractivity contribution is 9.10. The number of hydrogen-bond acceptors (Lipinski definition) is 2. The van der Waals surface area contributed by atoms with E-state index in [1.54, 1.807) is 11.3 Å². The molecule has 0 fully saturated rings. The number of rotatable bonds is 4. The summed E-state index contributed by atoms with van der Waals surface area (Å²) in [5, 5.41) is 2.04. The maximum atomic E-state index is 5.91. The van der Waals surface area contributed by atoms with Crippen molar-refractivity contribution in [1.82, 2.24) is 0 Å². The van der Waals surface area contributed by atoms with E-state index in [1.165, 1.54) is 10.4 Å². The fourth-order valence-electron chi connectivity index (χ4n) is 1.52. The number of halogens is 2. The Hall–Kier alpha value is -0.510. The zero-order chi connectivity index (χ0) is 12.3. The second kappa shape index (κ2) is 5.89. The standard InChI is InChI=1S/C13H12BrClOS/c1-9-2-3-12(10(6-9)7-15)16-8-13-11(14)4-5-17-13/h2-6H,7-8H2,1H3. The summed E-state index contributed by atoms with van der Waals surface area (Å²) in [5.74, 6) is 1.34. The van der Waals surface area contributed by atoms with E-state index in [1.807, 2.05) is 23.6 Å². The quantitative estimate of drug-likeness (QED) is 0.705. The topological polar surface area (TPSA) is 9.23 Å². The van der Waals surface area contributed by atoms with Crippen LogP contribution in [0.1, 0.15) is 16.0 Å². The minimum absolute atomic E-state index is 0.475. The van der Waals surface area contributed by atoms with Crippen molar-refractivity contribution in [2.24, 2.45) is 0 Å². The lowest BCUT2D eigenvalue weighted by Crippen LogP contribution is -1.97. The van der Waals surface area contributed by atoms with E-state index in [2.05, 4.69) is 28.9 Å². The van der Waals surface area contributed by atoms with Crippen LogP contribution in [0.5, 0.6) is 5.75 Å². The maximum Gasteiger partial charge on any atom is 0.124 e. The van der Waals surface area contributed by atoms with E-state index >= 15 is 0 Å². The Morgan fingerprint density at radius 3 is 2.82 bits per heavy atom. The van der Waals surface area contributed by atoms with Crippen LogP contribution in [0.2, 0.25) is 0 Å². The fraction of sp³-hybridized carbons (Fsp3) is 0.231. The summed E-state index contributed by atoms with van der Waals surface area (Å²) >= 11 is 11.1. The molecule has 0 aliphatic rings. The normalized spacial score (nSPS) is 10.5. The summed E-state index contributed by atoms with van der Waals surface area (Å²) in [6.07, 6.45) is 0. The van der Waals surface area contributed by atoms with Crippen molar-refractivity contribution in [2.75, 3.05) is 0 Å². The van der Waals surface area contributed by atoms with Gasteiger partial charge in [-0.05, 0) is 40.4 Å². The zero-order valence-corrected chi connectivity index (χ0v) is 12.5. The van der Waals surface area contributed by atoms with E-state index in [-0.39, 0.29) is 0 Å². The second-order valence-electron chi connectivity index (χ2n) is 3.73. The van der Waals surface area contributed by atoms with E-state index in [0.717, 1.165) is 15.8 Å². The first-order chi connectivity index (χ1) is 8.20. The summed E-state index contributed by atoms with van der Waals surface area (Å²) in [4.78, 5) is 1.19. The first kappa shape index (κ1) is 12.9. The molecule has 90 valence electrons. The lowest BCUT2D eigenvalue weighted by atomic mass is 10.1. The third kappa shape index (κ3) is 3.24. The van der Waals surface area contributed by atoms with Crippen LogP contribution in [-0.2, 0) is 12.5 Å². The molecule has 1 aromatic heterocycles. The average molecular weight is 332 g/mol. The van der Waals surface area contributed by atoms with Crippen molar-refractivity contribution >= 4 is 38.9 Å².